The van der Waals surface area contributed by atoms with Gasteiger partial charge in [0.05, 0.1) is 39.1 Å². The number of carbonyl (C=O) groups is 1. The maximum atomic E-state index is 11.0. The van der Waals surface area contributed by atoms with E-state index in [0.717, 1.165) is 34.5 Å². The van der Waals surface area contributed by atoms with Crippen LogP contribution >= 0.6 is 0 Å². The minimum atomic E-state index is -0.555. The fourth-order valence-electron chi connectivity index (χ4n) is 6.72. The first-order valence-corrected chi connectivity index (χ1v) is 15.0. The molecule has 6 heteroatoms. The molecule has 1 N–H and O–H groups in total. The van der Waals surface area contributed by atoms with E-state index in [4.69, 9.17) is 18.9 Å². The van der Waals surface area contributed by atoms with E-state index in [-0.39, 0.29) is 21.7 Å². The fraction of sp³-hybridized carbons (Fsp3) is 0.541. The summed E-state index contributed by atoms with van der Waals surface area (Å²) in [7, 11) is 3.20. The van der Waals surface area contributed by atoms with Crippen LogP contribution in [0.1, 0.15) is 109 Å². The first-order valence-electron chi connectivity index (χ1n) is 15.0. The molecule has 2 aliphatic rings. The lowest BCUT2D eigenvalue weighted by atomic mass is 9.71. The standard InChI is InChI=1S/C19H28O3.C18H24O3/c1-12(20)14-9-8-13(10-15(14)21-7)16-17(18(2,3)4)19(5,6)11-22-16;1-17(2,3)16-15(21-11-18(16,4)5)12-7-8-13(10-19)14(9-12)20-6/h8-10,12,20H,11H2,1-7H3;7-10H,11H2,1-6H3. The van der Waals surface area contributed by atoms with E-state index < -0.39 is 6.10 Å². The number of benzene rings is 2. The van der Waals surface area contributed by atoms with Crippen LogP contribution in [0.15, 0.2) is 47.5 Å². The van der Waals surface area contributed by atoms with E-state index in [1.54, 1.807) is 27.2 Å². The summed E-state index contributed by atoms with van der Waals surface area (Å²) < 4.78 is 22.8. The molecule has 2 heterocycles. The number of carbonyl (C=O) groups excluding carboxylic acids is 1. The van der Waals surface area contributed by atoms with E-state index in [1.165, 1.54) is 11.1 Å². The minimum absolute atomic E-state index is 0.00412. The van der Waals surface area contributed by atoms with Crippen molar-refractivity contribution >= 4 is 17.8 Å². The van der Waals surface area contributed by atoms with Gasteiger partial charge in [0.25, 0.3) is 0 Å². The van der Waals surface area contributed by atoms with Crippen LogP contribution in [0.3, 0.4) is 0 Å². The van der Waals surface area contributed by atoms with Gasteiger partial charge in [0.15, 0.2) is 6.29 Å². The Hall–Kier alpha value is -3.25. The summed E-state index contributed by atoms with van der Waals surface area (Å²) in [4.78, 5) is 11.0. The minimum Gasteiger partial charge on any atom is -0.496 e. The highest BCUT2D eigenvalue weighted by Gasteiger charge is 2.42. The van der Waals surface area contributed by atoms with Gasteiger partial charge in [-0.15, -0.1) is 0 Å². The second-order valence-electron chi connectivity index (χ2n) is 15.0. The lowest BCUT2D eigenvalue weighted by molar-refractivity contribution is 0.112. The average Bonchev–Trinajstić information content (AvgIpc) is 3.42. The molecule has 0 aliphatic carbocycles. The van der Waals surface area contributed by atoms with E-state index in [1.807, 2.05) is 30.3 Å². The quantitative estimate of drug-likeness (QED) is 0.338. The van der Waals surface area contributed by atoms with Gasteiger partial charge in [-0.2, -0.15) is 0 Å². The number of aldehydes is 1. The van der Waals surface area contributed by atoms with Crippen molar-refractivity contribution in [2.75, 3.05) is 27.4 Å². The molecule has 0 fully saturated rings. The van der Waals surface area contributed by atoms with Crippen LogP contribution < -0.4 is 9.47 Å². The number of rotatable bonds is 6. The van der Waals surface area contributed by atoms with Gasteiger partial charge in [0, 0.05) is 27.5 Å². The van der Waals surface area contributed by atoms with Crippen molar-refractivity contribution in [1.29, 1.82) is 0 Å². The zero-order valence-corrected chi connectivity index (χ0v) is 28.5. The molecule has 2 aromatic carbocycles. The molecule has 1 unspecified atom stereocenters. The van der Waals surface area contributed by atoms with Gasteiger partial charge in [0.2, 0.25) is 0 Å². The Morgan fingerprint density at radius 3 is 1.56 bits per heavy atom. The third kappa shape index (κ3) is 7.29. The Kier molecular flexibility index (Phi) is 9.87. The molecule has 0 bridgehead atoms. The Labute approximate surface area is 259 Å². The van der Waals surface area contributed by atoms with Gasteiger partial charge in [-0.25, -0.2) is 0 Å². The van der Waals surface area contributed by atoms with E-state index in [0.29, 0.717) is 30.3 Å². The fourth-order valence-corrected chi connectivity index (χ4v) is 6.72. The third-order valence-electron chi connectivity index (χ3n) is 8.03. The summed E-state index contributed by atoms with van der Waals surface area (Å²) in [5, 5.41) is 9.83. The van der Waals surface area contributed by atoms with Crippen LogP contribution in [-0.2, 0) is 9.47 Å². The lowest BCUT2D eigenvalue weighted by Crippen LogP contribution is -2.24. The Balaban J connectivity index is 0.000000236. The normalized spacial score (nSPS) is 18.4. The van der Waals surface area contributed by atoms with Crippen LogP contribution in [0.25, 0.3) is 11.5 Å². The molecule has 236 valence electrons. The maximum Gasteiger partial charge on any atom is 0.153 e. The molecule has 0 spiro atoms. The summed E-state index contributed by atoms with van der Waals surface area (Å²) in [6.07, 6.45) is 0.252. The van der Waals surface area contributed by atoms with Crippen molar-refractivity contribution in [1.82, 2.24) is 0 Å². The van der Waals surface area contributed by atoms with Crippen molar-refractivity contribution in [3.63, 3.8) is 0 Å². The smallest absolute Gasteiger partial charge is 0.153 e. The summed E-state index contributed by atoms with van der Waals surface area (Å²) in [6.45, 7) is 25.2. The molecule has 0 radical (unpaired) electrons. The van der Waals surface area contributed by atoms with Gasteiger partial charge in [0.1, 0.15) is 23.0 Å². The van der Waals surface area contributed by atoms with Crippen LogP contribution in [0.4, 0.5) is 0 Å². The van der Waals surface area contributed by atoms with E-state index in [2.05, 4.69) is 69.2 Å². The first kappa shape index (κ1) is 34.2. The molecule has 0 saturated carbocycles. The van der Waals surface area contributed by atoms with Crippen molar-refractivity contribution < 1.29 is 28.8 Å². The van der Waals surface area contributed by atoms with Gasteiger partial charge >= 0.3 is 0 Å². The second kappa shape index (κ2) is 12.4. The summed E-state index contributed by atoms with van der Waals surface area (Å²) in [5.74, 6) is 3.15. The predicted molar refractivity (Wildman–Crippen MR) is 174 cm³/mol. The van der Waals surface area contributed by atoms with E-state index >= 15 is 0 Å². The Morgan fingerprint density at radius 1 is 0.767 bits per heavy atom. The molecule has 0 amide bonds. The molecule has 1 atom stereocenters. The van der Waals surface area contributed by atoms with Crippen molar-refractivity contribution in [3.05, 3.63) is 69.8 Å². The first-order chi connectivity index (χ1) is 19.8. The molecular weight excluding hydrogens is 540 g/mol. The highest BCUT2D eigenvalue weighted by molar-refractivity contribution is 5.81. The molecule has 2 aromatic rings. The van der Waals surface area contributed by atoms with Gasteiger partial charge in [-0.1, -0.05) is 87.4 Å². The zero-order valence-electron chi connectivity index (χ0n) is 28.5. The summed E-state index contributed by atoms with van der Waals surface area (Å²) >= 11 is 0. The third-order valence-corrected chi connectivity index (χ3v) is 8.03. The highest BCUT2D eigenvalue weighted by atomic mass is 16.5. The Bertz CT molecular complexity index is 1390. The lowest BCUT2D eigenvalue weighted by Gasteiger charge is -2.31. The molecule has 2 aliphatic heterocycles. The van der Waals surface area contributed by atoms with Crippen LogP contribution in [0.2, 0.25) is 0 Å². The van der Waals surface area contributed by atoms with Crippen LogP contribution in [0, 0.1) is 21.7 Å². The molecular formula is C37H52O6. The molecule has 4 rings (SSSR count). The predicted octanol–water partition coefficient (Wildman–Crippen LogP) is 8.88. The van der Waals surface area contributed by atoms with Gasteiger partial charge < -0.3 is 24.1 Å². The number of hydrogen-bond donors (Lipinski definition) is 1. The average molecular weight is 593 g/mol. The number of methoxy groups -OCH3 is 2. The number of aliphatic hydroxyl groups excluding tert-OH is 1. The monoisotopic (exact) mass is 592 g/mol. The van der Waals surface area contributed by atoms with Crippen molar-refractivity contribution in [2.45, 2.75) is 82.3 Å². The second-order valence-corrected chi connectivity index (χ2v) is 15.0. The number of aliphatic hydroxyl groups is 1. The summed E-state index contributed by atoms with van der Waals surface area (Å²) in [5.41, 5.74) is 6.02. The van der Waals surface area contributed by atoms with Gasteiger partial charge in [-0.3, -0.25) is 4.79 Å². The number of hydrogen-bond acceptors (Lipinski definition) is 6. The molecule has 0 aromatic heterocycles. The maximum absolute atomic E-state index is 11.0. The Morgan fingerprint density at radius 2 is 1.19 bits per heavy atom. The van der Waals surface area contributed by atoms with Gasteiger partial charge in [-0.05, 0) is 47.1 Å². The zero-order chi connectivity index (χ0) is 32.5. The molecule has 43 heavy (non-hydrogen) atoms. The topological polar surface area (TPSA) is 74.2 Å². The van der Waals surface area contributed by atoms with Crippen LogP contribution in [0.5, 0.6) is 11.5 Å². The SMILES string of the molecule is COc1cc(C2=C(C(C)(C)C)C(C)(C)CO2)ccc1C(C)O.COc1cc(C2=C(C(C)(C)C)C(C)(C)CO2)ccc1C=O. The van der Waals surface area contributed by atoms with Crippen LogP contribution in [-0.4, -0.2) is 38.8 Å². The molecule has 6 nitrogen and oxygen atoms in total. The molecule has 0 saturated heterocycles. The largest absolute Gasteiger partial charge is 0.496 e. The summed E-state index contributed by atoms with van der Waals surface area (Å²) in [6, 6.07) is 11.5. The van der Waals surface area contributed by atoms with Crippen molar-refractivity contribution in [2.24, 2.45) is 21.7 Å². The van der Waals surface area contributed by atoms with Crippen molar-refractivity contribution in [3.8, 4) is 11.5 Å². The highest BCUT2D eigenvalue weighted by Crippen LogP contribution is 2.51. The number of ether oxygens (including phenoxy) is 4. The van der Waals surface area contributed by atoms with E-state index in [9.17, 15) is 9.90 Å².